The molecule has 0 bridgehead atoms. The molecule has 0 spiro atoms. The van der Waals surface area contributed by atoms with Crippen LogP contribution in [0.5, 0.6) is 0 Å². The summed E-state index contributed by atoms with van der Waals surface area (Å²) in [5.41, 5.74) is 2.00. The minimum absolute atomic E-state index is 0.101. The van der Waals surface area contributed by atoms with Gasteiger partial charge in [0.25, 0.3) is 0 Å². The summed E-state index contributed by atoms with van der Waals surface area (Å²) >= 11 is 0. The van der Waals surface area contributed by atoms with E-state index in [0.29, 0.717) is 12.2 Å². The molecule has 0 aliphatic heterocycles. The summed E-state index contributed by atoms with van der Waals surface area (Å²) in [4.78, 5) is 13.1. The molecule has 1 aromatic heterocycles. The maximum atomic E-state index is 11.6. The van der Waals surface area contributed by atoms with Crippen molar-refractivity contribution in [2.24, 2.45) is 0 Å². The molecule has 5 heteroatoms. The van der Waals surface area contributed by atoms with E-state index in [-0.39, 0.29) is 12.6 Å². The quantitative estimate of drug-likeness (QED) is 0.903. The first-order valence-electron chi connectivity index (χ1n) is 8.20. The van der Waals surface area contributed by atoms with E-state index in [2.05, 4.69) is 5.16 Å². The van der Waals surface area contributed by atoms with Crippen LogP contribution in [0.25, 0.3) is 0 Å². The highest BCUT2D eigenvalue weighted by Crippen LogP contribution is 2.24. The smallest absolute Gasteiger partial charge is 0.407 e. The molecular formula is C18H22N2O3. The fraction of sp³-hybridized carbons (Fsp3) is 0.444. The summed E-state index contributed by atoms with van der Waals surface area (Å²) in [7, 11) is 0. The average molecular weight is 314 g/mol. The normalized spacial score (nSPS) is 15.5. The molecule has 1 saturated carbocycles. The molecule has 1 amide bonds. The van der Waals surface area contributed by atoms with Gasteiger partial charge in [-0.2, -0.15) is 0 Å². The van der Waals surface area contributed by atoms with Crippen LogP contribution in [0.1, 0.15) is 49.1 Å². The first kappa shape index (κ1) is 15.6. The molecule has 1 heterocycles. The molecule has 1 aliphatic carbocycles. The van der Waals surface area contributed by atoms with Crippen LogP contribution >= 0.6 is 0 Å². The molecule has 0 unspecified atom stereocenters. The second kappa shape index (κ2) is 7.31. The summed E-state index contributed by atoms with van der Waals surface area (Å²) in [6, 6.07) is 12.0. The van der Waals surface area contributed by atoms with Gasteiger partial charge in [0.15, 0.2) is 5.76 Å². The number of benzene rings is 1. The molecule has 122 valence electrons. The van der Waals surface area contributed by atoms with Gasteiger partial charge in [-0.15, -0.1) is 0 Å². The second-order valence-corrected chi connectivity index (χ2v) is 6.15. The molecule has 3 rings (SSSR count). The predicted octanol–water partition coefficient (Wildman–Crippen LogP) is 4.08. The fourth-order valence-electron chi connectivity index (χ4n) is 3.23. The first-order valence-corrected chi connectivity index (χ1v) is 8.20. The Hall–Kier alpha value is -2.30. The van der Waals surface area contributed by atoms with Gasteiger partial charge >= 0.3 is 6.09 Å². The molecular weight excluding hydrogens is 292 g/mol. The summed E-state index contributed by atoms with van der Waals surface area (Å²) in [6.07, 6.45) is 5.11. The third-order valence-electron chi connectivity index (χ3n) is 4.42. The second-order valence-electron chi connectivity index (χ2n) is 6.15. The van der Waals surface area contributed by atoms with E-state index in [0.717, 1.165) is 36.9 Å². The first-order chi connectivity index (χ1) is 11.2. The minimum atomic E-state index is -0.877. The lowest BCUT2D eigenvalue weighted by atomic mass is 9.94. The van der Waals surface area contributed by atoms with Gasteiger partial charge in [-0.3, -0.25) is 4.90 Å². The van der Waals surface area contributed by atoms with Crippen LogP contribution in [-0.4, -0.2) is 27.3 Å². The van der Waals surface area contributed by atoms with Crippen LogP contribution in [0, 0.1) is 0 Å². The summed E-state index contributed by atoms with van der Waals surface area (Å²) in [5.74, 6) is 0.615. The topological polar surface area (TPSA) is 66.6 Å². The van der Waals surface area contributed by atoms with E-state index in [4.69, 9.17) is 4.52 Å². The van der Waals surface area contributed by atoms with E-state index in [9.17, 15) is 9.90 Å². The minimum Gasteiger partial charge on any atom is -0.465 e. The standard InChI is InChI=1S/C18H22N2O3/c21-18(22)20(16-9-5-2-6-10-16)13-17-12-15(19-23-17)11-14-7-3-1-4-8-14/h1,3-4,7-8,12,16H,2,5-6,9-11,13H2,(H,21,22). The van der Waals surface area contributed by atoms with Crippen molar-refractivity contribution in [3.05, 3.63) is 53.4 Å². The van der Waals surface area contributed by atoms with Gasteiger partial charge in [0, 0.05) is 18.5 Å². The molecule has 0 saturated heterocycles. The van der Waals surface area contributed by atoms with Gasteiger partial charge in [0.1, 0.15) is 0 Å². The van der Waals surface area contributed by atoms with E-state index in [1.54, 1.807) is 0 Å². The van der Waals surface area contributed by atoms with Crippen molar-refractivity contribution in [3.8, 4) is 0 Å². The van der Waals surface area contributed by atoms with Gasteiger partial charge in [-0.1, -0.05) is 54.8 Å². The zero-order valence-corrected chi connectivity index (χ0v) is 13.1. The van der Waals surface area contributed by atoms with Crippen LogP contribution in [0.3, 0.4) is 0 Å². The van der Waals surface area contributed by atoms with Crippen LogP contribution < -0.4 is 0 Å². The molecule has 2 aromatic rings. The summed E-state index contributed by atoms with van der Waals surface area (Å²) in [5, 5.41) is 13.6. The third kappa shape index (κ3) is 4.12. The summed E-state index contributed by atoms with van der Waals surface area (Å²) < 4.78 is 5.35. The molecule has 1 fully saturated rings. The zero-order chi connectivity index (χ0) is 16.1. The van der Waals surface area contributed by atoms with Crippen molar-refractivity contribution in [2.75, 3.05) is 0 Å². The average Bonchev–Trinajstić information content (AvgIpc) is 3.01. The number of amides is 1. The zero-order valence-electron chi connectivity index (χ0n) is 13.1. The van der Waals surface area contributed by atoms with Crippen molar-refractivity contribution in [3.63, 3.8) is 0 Å². The number of aromatic nitrogens is 1. The number of hydrogen-bond donors (Lipinski definition) is 1. The Morgan fingerprint density at radius 1 is 1.22 bits per heavy atom. The fourth-order valence-corrected chi connectivity index (χ4v) is 3.23. The van der Waals surface area contributed by atoms with Gasteiger partial charge in [0.2, 0.25) is 0 Å². The molecule has 23 heavy (non-hydrogen) atoms. The Kier molecular flexibility index (Phi) is 4.95. The van der Waals surface area contributed by atoms with Gasteiger partial charge in [-0.25, -0.2) is 4.79 Å². The molecule has 0 radical (unpaired) electrons. The van der Waals surface area contributed by atoms with Crippen molar-refractivity contribution in [2.45, 2.75) is 51.1 Å². The third-order valence-corrected chi connectivity index (χ3v) is 4.42. The molecule has 0 atom stereocenters. The van der Waals surface area contributed by atoms with Crippen molar-refractivity contribution < 1.29 is 14.4 Å². The van der Waals surface area contributed by atoms with Crippen LogP contribution in [0.4, 0.5) is 4.79 Å². The maximum absolute atomic E-state index is 11.6. The van der Waals surface area contributed by atoms with Gasteiger partial charge < -0.3 is 9.63 Å². The van der Waals surface area contributed by atoms with Gasteiger partial charge in [-0.05, 0) is 18.4 Å². The Bertz CT molecular complexity index is 633. The number of hydrogen-bond acceptors (Lipinski definition) is 3. The number of rotatable bonds is 5. The number of carboxylic acid groups (broad SMARTS) is 1. The lowest BCUT2D eigenvalue weighted by Gasteiger charge is -2.31. The number of nitrogens with zero attached hydrogens (tertiary/aromatic N) is 2. The van der Waals surface area contributed by atoms with E-state index in [1.165, 1.54) is 11.3 Å². The van der Waals surface area contributed by atoms with Crippen LogP contribution in [0.2, 0.25) is 0 Å². The summed E-state index contributed by atoms with van der Waals surface area (Å²) in [6.45, 7) is 0.280. The lowest BCUT2D eigenvalue weighted by molar-refractivity contribution is 0.101. The van der Waals surface area contributed by atoms with Crippen molar-refractivity contribution in [1.82, 2.24) is 10.1 Å². The largest absolute Gasteiger partial charge is 0.465 e. The SMILES string of the molecule is O=C(O)N(Cc1cc(Cc2ccccc2)no1)C1CCCCC1. The monoisotopic (exact) mass is 314 g/mol. The van der Waals surface area contributed by atoms with Crippen LogP contribution in [0.15, 0.2) is 40.9 Å². The van der Waals surface area contributed by atoms with E-state index < -0.39 is 6.09 Å². The molecule has 1 N–H and O–H groups in total. The predicted molar refractivity (Wildman–Crippen MR) is 86.2 cm³/mol. The maximum Gasteiger partial charge on any atom is 0.407 e. The van der Waals surface area contributed by atoms with E-state index >= 15 is 0 Å². The highest BCUT2D eigenvalue weighted by atomic mass is 16.5. The number of carbonyl (C=O) groups is 1. The molecule has 1 aromatic carbocycles. The van der Waals surface area contributed by atoms with E-state index in [1.807, 2.05) is 36.4 Å². The Morgan fingerprint density at radius 2 is 1.96 bits per heavy atom. The molecule has 5 nitrogen and oxygen atoms in total. The highest BCUT2D eigenvalue weighted by Gasteiger charge is 2.26. The van der Waals surface area contributed by atoms with Crippen molar-refractivity contribution in [1.29, 1.82) is 0 Å². The van der Waals surface area contributed by atoms with Crippen molar-refractivity contribution >= 4 is 6.09 Å². The van der Waals surface area contributed by atoms with Crippen LogP contribution in [-0.2, 0) is 13.0 Å². The Morgan fingerprint density at radius 3 is 2.65 bits per heavy atom. The Labute approximate surface area is 135 Å². The van der Waals surface area contributed by atoms with Gasteiger partial charge in [0.05, 0.1) is 12.2 Å². The molecule has 1 aliphatic rings. The highest BCUT2D eigenvalue weighted by molar-refractivity contribution is 5.65. The lowest BCUT2D eigenvalue weighted by Crippen LogP contribution is -2.39. The Balaban J connectivity index is 1.65.